The monoisotopic (exact) mass is 514 g/mol. The van der Waals surface area contributed by atoms with Crippen LogP contribution >= 0.6 is 24.0 Å². The highest BCUT2D eigenvalue weighted by Gasteiger charge is 2.22. The quantitative estimate of drug-likeness (QED) is 0.268. The molecule has 0 unspecified atom stereocenters. The van der Waals surface area contributed by atoms with Gasteiger partial charge in [0.1, 0.15) is 5.75 Å². The Labute approximate surface area is 191 Å². The first-order valence-electron chi connectivity index (χ1n) is 10.7. The lowest BCUT2D eigenvalue weighted by Gasteiger charge is -2.22. The highest BCUT2D eigenvalue weighted by Crippen LogP contribution is 2.30. The van der Waals surface area contributed by atoms with E-state index in [1.165, 1.54) is 32.1 Å². The van der Waals surface area contributed by atoms with Crippen LogP contribution in [0, 0.1) is 5.92 Å². The van der Waals surface area contributed by atoms with Gasteiger partial charge in [0.2, 0.25) is 5.91 Å². The molecule has 3 N–H and O–H groups in total. The summed E-state index contributed by atoms with van der Waals surface area (Å²) in [7, 11) is 1.74. The molecule has 0 aliphatic heterocycles. The molecular weight excluding hydrogens is 479 g/mol. The normalized spacial score (nSPS) is 17.2. The lowest BCUT2D eigenvalue weighted by Crippen LogP contribution is -2.41. The SMILES string of the molecule is CN=C(NCCC(=O)NC1CCCCC1)NCc1ccccc1OCC1CC1.I. The molecule has 0 aromatic heterocycles. The molecule has 0 atom stereocenters. The van der Waals surface area contributed by atoms with Crippen LogP contribution in [0.15, 0.2) is 29.3 Å². The smallest absolute Gasteiger partial charge is 0.221 e. The number of halogens is 1. The molecule has 2 aliphatic carbocycles. The number of amides is 1. The van der Waals surface area contributed by atoms with Gasteiger partial charge in [0.05, 0.1) is 6.61 Å². The predicted octanol–water partition coefficient (Wildman–Crippen LogP) is 3.60. The van der Waals surface area contributed by atoms with Gasteiger partial charge in [0.25, 0.3) is 0 Å². The van der Waals surface area contributed by atoms with E-state index in [4.69, 9.17) is 4.74 Å². The van der Waals surface area contributed by atoms with Crippen LogP contribution in [0.3, 0.4) is 0 Å². The minimum Gasteiger partial charge on any atom is -0.493 e. The fourth-order valence-electron chi connectivity index (χ4n) is 3.52. The van der Waals surface area contributed by atoms with Gasteiger partial charge in [-0.05, 0) is 37.7 Å². The van der Waals surface area contributed by atoms with Crippen molar-refractivity contribution >= 4 is 35.8 Å². The van der Waals surface area contributed by atoms with Gasteiger partial charge in [-0.15, -0.1) is 24.0 Å². The van der Waals surface area contributed by atoms with E-state index >= 15 is 0 Å². The molecule has 3 rings (SSSR count). The van der Waals surface area contributed by atoms with Crippen molar-refractivity contribution in [2.24, 2.45) is 10.9 Å². The zero-order valence-electron chi connectivity index (χ0n) is 17.4. The van der Waals surface area contributed by atoms with Crippen LogP contribution in [0.25, 0.3) is 0 Å². The van der Waals surface area contributed by atoms with Crippen LogP contribution in [0.4, 0.5) is 0 Å². The molecule has 0 spiro atoms. The average molecular weight is 514 g/mol. The Balaban J connectivity index is 0.00000300. The molecule has 162 valence electrons. The Morgan fingerprint density at radius 3 is 2.59 bits per heavy atom. The Bertz CT molecular complexity index is 658. The zero-order chi connectivity index (χ0) is 19.6. The van der Waals surface area contributed by atoms with E-state index in [2.05, 4.69) is 27.0 Å². The molecule has 1 aromatic carbocycles. The number of ether oxygens (including phenoxy) is 1. The number of carbonyl (C=O) groups is 1. The van der Waals surface area contributed by atoms with Crippen LogP contribution in [0.1, 0.15) is 56.9 Å². The molecule has 1 amide bonds. The second kappa shape index (κ2) is 12.9. The first-order chi connectivity index (χ1) is 13.7. The molecule has 0 heterocycles. The zero-order valence-corrected chi connectivity index (χ0v) is 19.7. The van der Waals surface area contributed by atoms with Crippen molar-refractivity contribution in [3.8, 4) is 5.75 Å². The Kier molecular flexibility index (Phi) is 10.6. The summed E-state index contributed by atoms with van der Waals surface area (Å²) in [5.41, 5.74) is 1.11. The molecule has 1 aromatic rings. The maximum atomic E-state index is 12.1. The van der Waals surface area contributed by atoms with E-state index in [1.807, 2.05) is 18.2 Å². The number of hydrogen-bond donors (Lipinski definition) is 3. The van der Waals surface area contributed by atoms with Crippen molar-refractivity contribution in [3.63, 3.8) is 0 Å². The second-order valence-corrected chi connectivity index (χ2v) is 7.87. The van der Waals surface area contributed by atoms with E-state index < -0.39 is 0 Å². The molecule has 29 heavy (non-hydrogen) atoms. The third-order valence-electron chi connectivity index (χ3n) is 5.43. The number of nitrogens with one attached hydrogen (secondary N) is 3. The lowest BCUT2D eigenvalue weighted by atomic mass is 9.95. The highest BCUT2D eigenvalue weighted by atomic mass is 127. The van der Waals surface area contributed by atoms with Gasteiger partial charge in [0, 0.05) is 38.2 Å². The van der Waals surface area contributed by atoms with Crippen molar-refractivity contribution in [3.05, 3.63) is 29.8 Å². The maximum absolute atomic E-state index is 12.1. The molecule has 0 radical (unpaired) electrons. The Hall–Kier alpha value is -1.51. The number of carbonyl (C=O) groups excluding carboxylic acids is 1. The van der Waals surface area contributed by atoms with Gasteiger partial charge in [-0.1, -0.05) is 37.5 Å². The summed E-state index contributed by atoms with van der Waals surface area (Å²) in [6.45, 7) is 2.01. The number of nitrogens with zero attached hydrogens (tertiary/aromatic N) is 1. The van der Waals surface area contributed by atoms with Gasteiger partial charge in [-0.2, -0.15) is 0 Å². The number of aliphatic imine (C=N–C) groups is 1. The van der Waals surface area contributed by atoms with E-state index in [0.29, 0.717) is 31.5 Å². The van der Waals surface area contributed by atoms with Crippen LogP contribution in [-0.2, 0) is 11.3 Å². The molecular formula is C22H35IN4O2. The van der Waals surface area contributed by atoms with Gasteiger partial charge < -0.3 is 20.7 Å². The standard InChI is InChI=1S/C22H34N4O2.HI/c1-23-22(24-14-13-21(27)26-19-8-3-2-4-9-19)25-15-18-7-5-6-10-20(18)28-16-17-11-12-17;/h5-7,10,17,19H,2-4,8-9,11-16H2,1H3,(H,26,27)(H2,23,24,25);1H. The molecule has 2 saturated carbocycles. The summed E-state index contributed by atoms with van der Waals surface area (Å²) in [6.07, 6.45) is 9.01. The first-order valence-corrected chi connectivity index (χ1v) is 10.7. The topological polar surface area (TPSA) is 74.8 Å². The number of benzene rings is 1. The van der Waals surface area contributed by atoms with Crippen molar-refractivity contribution < 1.29 is 9.53 Å². The number of hydrogen-bond acceptors (Lipinski definition) is 3. The van der Waals surface area contributed by atoms with Crippen molar-refractivity contribution in [2.75, 3.05) is 20.2 Å². The van der Waals surface area contributed by atoms with Crippen molar-refractivity contribution in [1.29, 1.82) is 0 Å². The van der Waals surface area contributed by atoms with Gasteiger partial charge in [0.15, 0.2) is 5.96 Å². The van der Waals surface area contributed by atoms with Gasteiger partial charge in [-0.3, -0.25) is 9.79 Å². The minimum absolute atomic E-state index is 0. The fourth-order valence-corrected chi connectivity index (χ4v) is 3.52. The number of rotatable bonds is 9. The average Bonchev–Trinajstić information content (AvgIpc) is 3.55. The molecule has 7 heteroatoms. The molecule has 2 fully saturated rings. The van der Waals surface area contributed by atoms with Crippen molar-refractivity contribution in [2.45, 2.75) is 64.0 Å². The number of guanidine groups is 1. The van der Waals surface area contributed by atoms with Gasteiger partial charge >= 0.3 is 0 Å². The predicted molar refractivity (Wildman–Crippen MR) is 128 cm³/mol. The number of para-hydroxylation sites is 1. The van der Waals surface area contributed by atoms with Crippen LogP contribution in [-0.4, -0.2) is 38.1 Å². The van der Waals surface area contributed by atoms with Gasteiger partial charge in [-0.25, -0.2) is 0 Å². The van der Waals surface area contributed by atoms with E-state index in [9.17, 15) is 4.79 Å². The van der Waals surface area contributed by atoms with E-state index in [-0.39, 0.29) is 29.9 Å². The lowest BCUT2D eigenvalue weighted by molar-refractivity contribution is -0.121. The summed E-state index contributed by atoms with van der Waals surface area (Å²) in [5.74, 6) is 2.48. The molecule has 0 saturated heterocycles. The van der Waals surface area contributed by atoms with Crippen LogP contribution in [0.2, 0.25) is 0 Å². The molecule has 2 aliphatic rings. The summed E-state index contributed by atoms with van der Waals surface area (Å²) >= 11 is 0. The summed E-state index contributed by atoms with van der Waals surface area (Å²) < 4.78 is 5.96. The molecule has 6 nitrogen and oxygen atoms in total. The van der Waals surface area contributed by atoms with Crippen molar-refractivity contribution in [1.82, 2.24) is 16.0 Å². The fraction of sp³-hybridized carbons (Fsp3) is 0.636. The Morgan fingerprint density at radius 1 is 1.10 bits per heavy atom. The summed E-state index contributed by atoms with van der Waals surface area (Å²) in [6, 6.07) is 8.48. The largest absolute Gasteiger partial charge is 0.493 e. The van der Waals surface area contributed by atoms with Crippen LogP contribution in [0.5, 0.6) is 5.75 Å². The second-order valence-electron chi connectivity index (χ2n) is 7.87. The van der Waals surface area contributed by atoms with E-state index in [0.717, 1.165) is 36.7 Å². The third-order valence-corrected chi connectivity index (χ3v) is 5.43. The highest BCUT2D eigenvalue weighted by molar-refractivity contribution is 14.0. The van der Waals surface area contributed by atoms with Crippen LogP contribution < -0.4 is 20.7 Å². The summed E-state index contributed by atoms with van der Waals surface area (Å²) in [4.78, 5) is 16.4. The minimum atomic E-state index is 0. The summed E-state index contributed by atoms with van der Waals surface area (Å²) in [5, 5.41) is 9.68. The molecule has 0 bridgehead atoms. The maximum Gasteiger partial charge on any atom is 0.221 e. The van der Waals surface area contributed by atoms with E-state index in [1.54, 1.807) is 7.05 Å². The third kappa shape index (κ3) is 8.80. The Morgan fingerprint density at radius 2 is 1.86 bits per heavy atom. The first kappa shape index (κ1) is 23.8.